The van der Waals surface area contributed by atoms with Crippen LogP contribution in [0.3, 0.4) is 0 Å². The first-order valence-corrected chi connectivity index (χ1v) is 6.82. The predicted molar refractivity (Wildman–Crippen MR) is 80.3 cm³/mol. The molecule has 21 heavy (non-hydrogen) atoms. The molecule has 0 aliphatic heterocycles. The van der Waals surface area contributed by atoms with Crippen molar-refractivity contribution >= 4 is 17.3 Å². The molecule has 2 rings (SSSR count). The van der Waals surface area contributed by atoms with Crippen LogP contribution in [0.25, 0.3) is 0 Å². The Morgan fingerprint density at radius 3 is 2.38 bits per heavy atom. The van der Waals surface area contributed by atoms with Gasteiger partial charge in [0, 0.05) is 11.8 Å². The highest BCUT2D eigenvalue weighted by Gasteiger charge is 2.11. The van der Waals surface area contributed by atoms with E-state index in [-0.39, 0.29) is 11.6 Å². The van der Waals surface area contributed by atoms with Gasteiger partial charge < -0.3 is 10.7 Å². The lowest BCUT2D eigenvalue weighted by Crippen LogP contribution is -2.12. The quantitative estimate of drug-likeness (QED) is 0.561. The first-order chi connectivity index (χ1) is 10.1. The number of pyridine rings is 1. The van der Waals surface area contributed by atoms with Crippen LogP contribution in [-0.2, 0) is 6.42 Å². The Balaban J connectivity index is 2.14. The number of nitrogens with zero attached hydrogens (tertiary/aromatic N) is 1. The third-order valence-electron chi connectivity index (χ3n) is 3.10. The van der Waals surface area contributed by atoms with Crippen molar-refractivity contribution in [3.63, 3.8) is 0 Å². The number of nitrogens with one attached hydrogen (secondary N) is 2. The molecule has 0 radical (unpaired) electrons. The van der Waals surface area contributed by atoms with Crippen LogP contribution in [0.4, 0.5) is 26.1 Å². The number of hydrazine groups is 1. The number of hydrogen-bond donors (Lipinski definition) is 3. The zero-order valence-electron chi connectivity index (χ0n) is 11.8. The molecule has 1 aromatic heterocycles. The molecule has 0 saturated carbocycles. The fraction of sp³-hybridized carbons (Fsp3) is 0.267. The number of unbranched alkanes of at least 4 members (excludes halogenated alkanes) is 1. The highest BCUT2D eigenvalue weighted by atomic mass is 19.1. The Morgan fingerprint density at radius 1 is 1.10 bits per heavy atom. The molecule has 0 unspecified atom stereocenters. The molecule has 0 amide bonds. The minimum atomic E-state index is -0.838. The highest BCUT2D eigenvalue weighted by molar-refractivity contribution is 5.59. The molecular weight excluding hydrogens is 274 g/mol. The summed E-state index contributed by atoms with van der Waals surface area (Å²) in [7, 11) is 0. The molecule has 0 atom stereocenters. The molecule has 0 bridgehead atoms. The summed E-state index contributed by atoms with van der Waals surface area (Å²) in [5.74, 6) is 3.22. The van der Waals surface area contributed by atoms with E-state index in [9.17, 15) is 8.78 Å². The molecule has 0 saturated heterocycles. The van der Waals surface area contributed by atoms with Crippen LogP contribution in [0, 0.1) is 11.6 Å². The van der Waals surface area contributed by atoms with E-state index in [1.54, 1.807) is 0 Å². The SMILES string of the molecule is CCCCc1ccc(Nc2nc(NN)c(F)cc2F)cc1. The zero-order chi connectivity index (χ0) is 15.2. The van der Waals surface area contributed by atoms with Gasteiger partial charge >= 0.3 is 0 Å². The number of nitrogen functional groups attached to an aromatic ring is 1. The molecule has 1 aromatic carbocycles. The minimum absolute atomic E-state index is 0.0781. The van der Waals surface area contributed by atoms with E-state index in [1.807, 2.05) is 24.3 Å². The van der Waals surface area contributed by atoms with Gasteiger partial charge in [-0.2, -0.15) is 0 Å². The van der Waals surface area contributed by atoms with E-state index in [0.29, 0.717) is 5.69 Å². The Labute approximate surface area is 122 Å². The fourth-order valence-corrected chi connectivity index (χ4v) is 1.93. The average molecular weight is 292 g/mol. The lowest BCUT2D eigenvalue weighted by atomic mass is 10.1. The van der Waals surface area contributed by atoms with Crippen molar-refractivity contribution in [3.05, 3.63) is 47.5 Å². The van der Waals surface area contributed by atoms with Crippen LogP contribution in [0.5, 0.6) is 0 Å². The molecule has 4 N–H and O–H groups in total. The van der Waals surface area contributed by atoms with Gasteiger partial charge in [0.15, 0.2) is 23.3 Å². The molecule has 4 nitrogen and oxygen atoms in total. The third kappa shape index (κ3) is 3.88. The Bertz CT molecular complexity index is 599. The predicted octanol–water partition coefficient (Wildman–Crippen LogP) is 3.73. The summed E-state index contributed by atoms with van der Waals surface area (Å²) in [6.07, 6.45) is 3.28. The van der Waals surface area contributed by atoms with Gasteiger partial charge in [-0.3, -0.25) is 0 Å². The lowest BCUT2D eigenvalue weighted by molar-refractivity contribution is 0.579. The molecule has 112 valence electrons. The van der Waals surface area contributed by atoms with Gasteiger partial charge in [-0.25, -0.2) is 19.6 Å². The van der Waals surface area contributed by atoms with Gasteiger partial charge in [0.1, 0.15) is 0 Å². The second-order valence-corrected chi connectivity index (χ2v) is 4.72. The molecule has 1 heterocycles. The number of anilines is 3. The van der Waals surface area contributed by atoms with Crippen LogP contribution in [-0.4, -0.2) is 4.98 Å². The second-order valence-electron chi connectivity index (χ2n) is 4.72. The first-order valence-electron chi connectivity index (χ1n) is 6.82. The van der Waals surface area contributed by atoms with Crippen molar-refractivity contribution in [1.29, 1.82) is 0 Å². The van der Waals surface area contributed by atoms with E-state index in [0.717, 1.165) is 25.3 Å². The number of benzene rings is 1. The van der Waals surface area contributed by atoms with Crippen molar-refractivity contribution in [3.8, 4) is 0 Å². The number of hydrogen-bond acceptors (Lipinski definition) is 4. The summed E-state index contributed by atoms with van der Waals surface area (Å²) in [5, 5.41) is 2.81. The van der Waals surface area contributed by atoms with Gasteiger partial charge in [-0.05, 0) is 30.5 Å². The van der Waals surface area contributed by atoms with Crippen LogP contribution in [0.1, 0.15) is 25.3 Å². The average Bonchev–Trinajstić information content (AvgIpc) is 2.49. The Hall–Kier alpha value is -2.21. The summed E-state index contributed by atoms with van der Waals surface area (Å²) in [6.45, 7) is 2.14. The van der Waals surface area contributed by atoms with E-state index in [1.165, 1.54) is 5.56 Å². The lowest BCUT2D eigenvalue weighted by Gasteiger charge is -2.10. The first kappa shape index (κ1) is 15.2. The maximum absolute atomic E-state index is 13.7. The molecular formula is C15H18F2N4. The summed E-state index contributed by atoms with van der Waals surface area (Å²) in [6, 6.07) is 8.36. The number of nitrogens with two attached hydrogens (primary N) is 1. The standard InChI is InChI=1S/C15H18F2N4/c1-2-3-4-10-5-7-11(8-6-10)19-14-12(16)9-13(17)15(20-14)21-18/h5-9H,2-4,18H2,1H3,(H2,19,20,21). The third-order valence-corrected chi connectivity index (χ3v) is 3.10. The molecule has 0 spiro atoms. The number of rotatable bonds is 6. The molecule has 0 aliphatic rings. The Kier molecular flexibility index (Phi) is 5.05. The minimum Gasteiger partial charge on any atom is -0.338 e. The van der Waals surface area contributed by atoms with Crippen LogP contribution >= 0.6 is 0 Å². The number of aryl methyl sites for hydroxylation is 1. The van der Waals surface area contributed by atoms with Gasteiger partial charge in [-0.1, -0.05) is 25.5 Å². The van der Waals surface area contributed by atoms with E-state index in [4.69, 9.17) is 5.84 Å². The number of halogens is 2. The molecule has 6 heteroatoms. The van der Waals surface area contributed by atoms with Crippen molar-refractivity contribution in [2.24, 2.45) is 5.84 Å². The van der Waals surface area contributed by atoms with Crippen LogP contribution in [0.2, 0.25) is 0 Å². The summed E-state index contributed by atoms with van der Waals surface area (Å²) in [4.78, 5) is 3.76. The maximum Gasteiger partial charge on any atom is 0.178 e. The summed E-state index contributed by atoms with van der Waals surface area (Å²) in [5.41, 5.74) is 3.99. The van der Waals surface area contributed by atoms with Crippen molar-refractivity contribution in [1.82, 2.24) is 4.98 Å². The number of aromatic nitrogens is 1. The van der Waals surface area contributed by atoms with Crippen molar-refractivity contribution in [2.45, 2.75) is 26.2 Å². The van der Waals surface area contributed by atoms with E-state index < -0.39 is 11.6 Å². The van der Waals surface area contributed by atoms with E-state index >= 15 is 0 Å². The van der Waals surface area contributed by atoms with Gasteiger partial charge in [0.05, 0.1) is 0 Å². The van der Waals surface area contributed by atoms with Crippen LogP contribution in [0.15, 0.2) is 30.3 Å². The molecule has 0 fully saturated rings. The van der Waals surface area contributed by atoms with E-state index in [2.05, 4.69) is 22.7 Å². The summed E-state index contributed by atoms with van der Waals surface area (Å²) < 4.78 is 26.9. The smallest absolute Gasteiger partial charge is 0.178 e. The topological polar surface area (TPSA) is 63.0 Å². The Morgan fingerprint density at radius 2 is 1.76 bits per heavy atom. The second kappa shape index (κ2) is 6.99. The maximum atomic E-state index is 13.7. The van der Waals surface area contributed by atoms with Crippen LogP contribution < -0.4 is 16.6 Å². The van der Waals surface area contributed by atoms with Gasteiger partial charge in [0.25, 0.3) is 0 Å². The van der Waals surface area contributed by atoms with Gasteiger partial charge in [0.2, 0.25) is 0 Å². The van der Waals surface area contributed by atoms with Crippen molar-refractivity contribution in [2.75, 3.05) is 10.7 Å². The summed E-state index contributed by atoms with van der Waals surface area (Å²) >= 11 is 0. The monoisotopic (exact) mass is 292 g/mol. The molecule has 0 aliphatic carbocycles. The van der Waals surface area contributed by atoms with Crippen molar-refractivity contribution < 1.29 is 8.78 Å². The largest absolute Gasteiger partial charge is 0.338 e. The fourth-order valence-electron chi connectivity index (χ4n) is 1.93. The highest BCUT2D eigenvalue weighted by Crippen LogP contribution is 2.22. The zero-order valence-corrected chi connectivity index (χ0v) is 11.8. The van der Waals surface area contributed by atoms with Gasteiger partial charge in [-0.15, -0.1) is 0 Å². The molecule has 2 aromatic rings. The normalized spacial score (nSPS) is 10.5.